The van der Waals surface area contributed by atoms with Crippen LogP contribution in [-0.2, 0) is 0 Å². The Morgan fingerprint density at radius 3 is 2.14 bits per heavy atom. The Morgan fingerprint density at radius 1 is 1.10 bits per heavy atom. The second kappa shape index (κ2) is 7.46. The molecule has 0 bridgehead atoms. The summed E-state index contributed by atoms with van der Waals surface area (Å²) in [5.74, 6) is 2.46. The predicted molar refractivity (Wildman–Crippen MR) is 92.4 cm³/mol. The molecule has 2 heteroatoms. The second-order valence-electron chi connectivity index (χ2n) is 8.60. The van der Waals surface area contributed by atoms with Crippen LogP contribution in [0.5, 0.6) is 0 Å². The Bertz CT molecular complexity index is 297. The number of hydrogen-bond acceptors (Lipinski definition) is 2. The molecule has 0 aromatic rings. The fraction of sp³-hybridized carbons (Fsp3) is 1.00. The molecular weight excluding hydrogens is 256 g/mol. The zero-order valence-electron chi connectivity index (χ0n) is 14.9. The summed E-state index contributed by atoms with van der Waals surface area (Å²) in [5, 5.41) is 0. The van der Waals surface area contributed by atoms with E-state index in [4.69, 9.17) is 5.73 Å². The van der Waals surface area contributed by atoms with E-state index in [1.165, 1.54) is 57.9 Å². The Balaban J connectivity index is 2.17. The van der Waals surface area contributed by atoms with Crippen LogP contribution in [0, 0.1) is 17.8 Å². The quantitative estimate of drug-likeness (QED) is 0.785. The summed E-state index contributed by atoms with van der Waals surface area (Å²) >= 11 is 0. The van der Waals surface area contributed by atoms with Gasteiger partial charge in [0, 0.05) is 18.1 Å². The number of rotatable bonds is 6. The average Bonchev–Trinajstić information content (AvgIpc) is 2.91. The largest absolute Gasteiger partial charge is 0.329 e. The topological polar surface area (TPSA) is 29.3 Å². The van der Waals surface area contributed by atoms with Crippen LogP contribution in [0.4, 0.5) is 0 Å². The maximum absolute atomic E-state index is 6.40. The van der Waals surface area contributed by atoms with E-state index in [2.05, 4.69) is 32.6 Å². The van der Waals surface area contributed by atoms with Crippen LogP contribution in [0.25, 0.3) is 0 Å². The zero-order valence-corrected chi connectivity index (χ0v) is 14.9. The molecule has 0 amide bonds. The van der Waals surface area contributed by atoms with Crippen LogP contribution in [0.15, 0.2) is 0 Å². The normalized spacial score (nSPS) is 35.0. The molecule has 2 aliphatic carbocycles. The lowest BCUT2D eigenvalue weighted by atomic mass is 9.70. The molecule has 2 N–H and O–H groups in total. The van der Waals surface area contributed by atoms with E-state index in [1.807, 2.05) is 0 Å². The van der Waals surface area contributed by atoms with Crippen molar-refractivity contribution in [2.24, 2.45) is 23.5 Å². The molecule has 0 saturated heterocycles. The van der Waals surface area contributed by atoms with Gasteiger partial charge in [0.05, 0.1) is 0 Å². The molecule has 21 heavy (non-hydrogen) atoms. The first-order valence-electron chi connectivity index (χ1n) is 9.43. The molecule has 0 aliphatic heterocycles. The van der Waals surface area contributed by atoms with E-state index in [0.29, 0.717) is 5.54 Å². The van der Waals surface area contributed by atoms with E-state index >= 15 is 0 Å². The van der Waals surface area contributed by atoms with Crippen molar-refractivity contribution in [2.45, 2.75) is 90.6 Å². The van der Waals surface area contributed by atoms with E-state index in [-0.39, 0.29) is 0 Å². The highest BCUT2D eigenvalue weighted by Crippen LogP contribution is 2.42. The Hall–Kier alpha value is -0.0800. The van der Waals surface area contributed by atoms with Gasteiger partial charge in [0.1, 0.15) is 0 Å². The molecule has 124 valence electrons. The molecule has 2 fully saturated rings. The van der Waals surface area contributed by atoms with Crippen LogP contribution in [-0.4, -0.2) is 29.6 Å². The number of nitrogens with zero attached hydrogens (tertiary/aromatic N) is 1. The molecule has 0 aromatic carbocycles. The van der Waals surface area contributed by atoms with Crippen molar-refractivity contribution in [2.75, 3.05) is 13.1 Å². The third-order valence-corrected chi connectivity index (χ3v) is 5.96. The first-order valence-corrected chi connectivity index (χ1v) is 9.43. The highest BCUT2D eigenvalue weighted by atomic mass is 15.2. The lowest BCUT2D eigenvalue weighted by molar-refractivity contribution is -0.0127. The predicted octanol–water partition coefficient (Wildman–Crippen LogP) is 4.43. The van der Waals surface area contributed by atoms with Gasteiger partial charge in [-0.25, -0.2) is 0 Å². The minimum absolute atomic E-state index is 0.293. The fourth-order valence-corrected chi connectivity index (χ4v) is 5.17. The molecule has 2 unspecified atom stereocenters. The standard InChI is InChI=1S/C19H38N2/c1-15(2)9-10-21(18-7-5-6-8-18)19(14-20)12-16(3)11-17(4)13-19/h15-18H,5-14,20H2,1-4H3. The van der Waals surface area contributed by atoms with Gasteiger partial charge in [-0.3, -0.25) is 4.90 Å². The van der Waals surface area contributed by atoms with E-state index < -0.39 is 0 Å². The summed E-state index contributed by atoms with van der Waals surface area (Å²) in [5.41, 5.74) is 6.69. The molecule has 2 rings (SSSR count). The van der Waals surface area contributed by atoms with Crippen molar-refractivity contribution >= 4 is 0 Å². The average molecular weight is 295 g/mol. The van der Waals surface area contributed by atoms with E-state index in [1.54, 1.807) is 0 Å². The van der Waals surface area contributed by atoms with Crippen LogP contribution in [0.2, 0.25) is 0 Å². The van der Waals surface area contributed by atoms with Crippen LogP contribution < -0.4 is 5.73 Å². The smallest absolute Gasteiger partial charge is 0.0339 e. The molecule has 0 heterocycles. The monoisotopic (exact) mass is 294 g/mol. The molecule has 0 aromatic heterocycles. The molecule has 0 spiro atoms. The van der Waals surface area contributed by atoms with Gasteiger partial charge in [-0.15, -0.1) is 0 Å². The zero-order chi connectivity index (χ0) is 15.5. The molecule has 2 aliphatic rings. The lowest BCUT2D eigenvalue weighted by Crippen LogP contribution is -2.60. The van der Waals surface area contributed by atoms with Gasteiger partial charge in [0.25, 0.3) is 0 Å². The van der Waals surface area contributed by atoms with Crippen molar-refractivity contribution in [3.63, 3.8) is 0 Å². The summed E-state index contributed by atoms with van der Waals surface area (Å²) in [6, 6.07) is 0.810. The van der Waals surface area contributed by atoms with Gasteiger partial charge in [0.2, 0.25) is 0 Å². The number of hydrogen-bond donors (Lipinski definition) is 1. The summed E-state index contributed by atoms with van der Waals surface area (Å²) in [6.07, 6.45) is 11.0. The molecular formula is C19H38N2. The van der Waals surface area contributed by atoms with Gasteiger partial charge in [0.15, 0.2) is 0 Å². The van der Waals surface area contributed by atoms with Crippen molar-refractivity contribution in [3.8, 4) is 0 Å². The van der Waals surface area contributed by atoms with Gasteiger partial charge in [-0.05, 0) is 62.8 Å². The first kappa shape index (κ1) is 17.3. The van der Waals surface area contributed by atoms with E-state index in [9.17, 15) is 0 Å². The minimum Gasteiger partial charge on any atom is -0.329 e. The Kier molecular flexibility index (Phi) is 6.14. The van der Waals surface area contributed by atoms with Gasteiger partial charge in [-0.2, -0.15) is 0 Å². The highest BCUT2D eigenvalue weighted by Gasteiger charge is 2.44. The van der Waals surface area contributed by atoms with Gasteiger partial charge >= 0.3 is 0 Å². The number of nitrogens with two attached hydrogens (primary N) is 1. The van der Waals surface area contributed by atoms with Crippen molar-refractivity contribution < 1.29 is 0 Å². The molecule has 2 saturated carbocycles. The van der Waals surface area contributed by atoms with Crippen molar-refractivity contribution in [1.82, 2.24) is 4.90 Å². The van der Waals surface area contributed by atoms with Gasteiger partial charge in [-0.1, -0.05) is 40.5 Å². The van der Waals surface area contributed by atoms with Gasteiger partial charge < -0.3 is 5.73 Å². The maximum atomic E-state index is 6.40. The SMILES string of the molecule is CC(C)CCN(C1CCCC1)C1(CN)CC(C)CC(C)C1. The Labute approximate surface area is 132 Å². The fourth-order valence-electron chi connectivity index (χ4n) is 5.17. The Morgan fingerprint density at radius 2 is 1.67 bits per heavy atom. The third kappa shape index (κ3) is 4.22. The summed E-state index contributed by atoms with van der Waals surface area (Å²) < 4.78 is 0. The summed E-state index contributed by atoms with van der Waals surface area (Å²) in [4.78, 5) is 2.90. The lowest BCUT2D eigenvalue weighted by Gasteiger charge is -2.52. The first-order chi connectivity index (χ1) is 9.97. The molecule has 2 atom stereocenters. The highest BCUT2D eigenvalue weighted by molar-refractivity contribution is 5.00. The summed E-state index contributed by atoms with van der Waals surface area (Å²) in [7, 11) is 0. The molecule has 2 nitrogen and oxygen atoms in total. The minimum atomic E-state index is 0.293. The van der Waals surface area contributed by atoms with E-state index in [0.717, 1.165) is 30.3 Å². The summed E-state index contributed by atoms with van der Waals surface area (Å²) in [6.45, 7) is 11.7. The third-order valence-electron chi connectivity index (χ3n) is 5.96. The van der Waals surface area contributed by atoms with Crippen LogP contribution >= 0.6 is 0 Å². The maximum Gasteiger partial charge on any atom is 0.0339 e. The van der Waals surface area contributed by atoms with Crippen LogP contribution in [0.3, 0.4) is 0 Å². The second-order valence-corrected chi connectivity index (χ2v) is 8.60. The van der Waals surface area contributed by atoms with Crippen LogP contribution in [0.1, 0.15) is 79.1 Å². The molecule has 0 radical (unpaired) electrons. The van der Waals surface area contributed by atoms with Crippen molar-refractivity contribution in [1.29, 1.82) is 0 Å². The van der Waals surface area contributed by atoms with Crippen molar-refractivity contribution in [3.05, 3.63) is 0 Å².